The minimum atomic E-state index is -0.371. The van der Waals surface area contributed by atoms with Crippen molar-refractivity contribution in [2.45, 2.75) is 11.5 Å². The van der Waals surface area contributed by atoms with Crippen molar-refractivity contribution >= 4 is 40.9 Å². The monoisotopic (exact) mass is 394 g/mol. The highest BCUT2D eigenvalue weighted by Crippen LogP contribution is 2.26. The van der Waals surface area contributed by atoms with Crippen LogP contribution in [0.3, 0.4) is 0 Å². The second-order valence-electron chi connectivity index (χ2n) is 4.90. The topological polar surface area (TPSA) is 65.2 Å². The average Bonchev–Trinajstić information content (AvgIpc) is 3.08. The molecule has 1 heterocycles. The van der Waals surface area contributed by atoms with Crippen LogP contribution in [0, 0.1) is 0 Å². The molecule has 0 amide bonds. The number of benzene rings is 2. The normalized spacial score (nSPS) is 10.6. The quantitative estimate of drug-likeness (QED) is 0.438. The second-order valence-corrected chi connectivity index (χ2v) is 6.79. The fourth-order valence-corrected chi connectivity index (χ4v) is 2.96. The summed E-state index contributed by atoms with van der Waals surface area (Å²) in [6.45, 7) is -0.0615. The molecule has 0 saturated heterocycles. The SMILES string of the molecule is O=C(CSc1ccc(Cl)cc1)OCc1noc(-c2ccccc2Cl)n1. The van der Waals surface area contributed by atoms with Crippen molar-refractivity contribution in [3.8, 4) is 11.5 Å². The summed E-state index contributed by atoms with van der Waals surface area (Å²) in [6.07, 6.45) is 0. The Labute approximate surface area is 158 Å². The van der Waals surface area contributed by atoms with Gasteiger partial charge in [0.15, 0.2) is 6.61 Å². The third kappa shape index (κ3) is 4.98. The molecule has 128 valence electrons. The van der Waals surface area contributed by atoms with Gasteiger partial charge in [-0.05, 0) is 36.4 Å². The van der Waals surface area contributed by atoms with E-state index in [9.17, 15) is 4.79 Å². The molecular weight excluding hydrogens is 383 g/mol. The van der Waals surface area contributed by atoms with E-state index < -0.39 is 0 Å². The molecule has 0 aliphatic carbocycles. The van der Waals surface area contributed by atoms with Gasteiger partial charge in [-0.1, -0.05) is 40.5 Å². The van der Waals surface area contributed by atoms with Crippen LogP contribution in [0.1, 0.15) is 5.82 Å². The van der Waals surface area contributed by atoms with Crippen molar-refractivity contribution in [1.82, 2.24) is 10.1 Å². The maximum atomic E-state index is 11.8. The molecule has 2 aromatic carbocycles. The van der Waals surface area contributed by atoms with Gasteiger partial charge >= 0.3 is 5.97 Å². The predicted octanol–water partition coefficient (Wildman–Crippen LogP) is 4.88. The predicted molar refractivity (Wildman–Crippen MR) is 96.7 cm³/mol. The Bertz CT molecular complexity index is 868. The summed E-state index contributed by atoms with van der Waals surface area (Å²) in [6, 6.07) is 14.4. The lowest BCUT2D eigenvalue weighted by atomic mass is 10.2. The van der Waals surface area contributed by atoms with Gasteiger partial charge in [-0.15, -0.1) is 11.8 Å². The summed E-state index contributed by atoms with van der Waals surface area (Å²) < 4.78 is 10.3. The van der Waals surface area contributed by atoms with Gasteiger partial charge in [0, 0.05) is 9.92 Å². The van der Waals surface area contributed by atoms with Gasteiger partial charge in [0.05, 0.1) is 16.3 Å². The van der Waals surface area contributed by atoms with E-state index >= 15 is 0 Å². The molecule has 0 fully saturated rings. The minimum Gasteiger partial charge on any atom is -0.457 e. The molecule has 0 aliphatic rings. The van der Waals surface area contributed by atoms with E-state index in [-0.39, 0.29) is 30.0 Å². The smallest absolute Gasteiger partial charge is 0.316 e. The van der Waals surface area contributed by atoms with Crippen LogP contribution >= 0.6 is 35.0 Å². The summed E-state index contributed by atoms with van der Waals surface area (Å²) in [7, 11) is 0. The molecular formula is C17H12Cl2N2O3S. The van der Waals surface area contributed by atoms with E-state index in [2.05, 4.69) is 10.1 Å². The summed E-state index contributed by atoms with van der Waals surface area (Å²) in [5, 5.41) is 4.95. The molecule has 0 N–H and O–H groups in total. The fourth-order valence-electron chi connectivity index (χ4n) is 1.92. The fraction of sp³-hybridized carbons (Fsp3) is 0.118. The molecule has 8 heteroatoms. The number of rotatable bonds is 6. The number of esters is 1. The van der Waals surface area contributed by atoms with Crippen molar-refractivity contribution in [2.75, 3.05) is 5.75 Å². The van der Waals surface area contributed by atoms with Crippen LogP contribution in [-0.4, -0.2) is 21.9 Å². The number of thioether (sulfide) groups is 1. The van der Waals surface area contributed by atoms with Crippen LogP contribution in [0.25, 0.3) is 11.5 Å². The first-order chi connectivity index (χ1) is 12.1. The van der Waals surface area contributed by atoms with Gasteiger partial charge < -0.3 is 9.26 Å². The van der Waals surface area contributed by atoms with Crippen molar-refractivity contribution in [1.29, 1.82) is 0 Å². The highest BCUT2D eigenvalue weighted by molar-refractivity contribution is 8.00. The van der Waals surface area contributed by atoms with E-state index in [1.165, 1.54) is 11.8 Å². The molecule has 0 atom stereocenters. The number of hydrogen-bond donors (Lipinski definition) is 0. The van der Waals surface area contributed by atoms with Crippen molar-refractivity contribution in [2.24, 2.45) is 0 Å². The van der Waals surface area contributed by atoms with Crippen LogP contribution in [0.4, 0.5) is 0 Å². The molecule has 0 unspecified atom stereocenters. The minimum absolute atomic E-state index is 0.0615. The van der Waals surface area contributed by atoms with Crippen molar-refractivity contribution in [3.05, 3.63) is 64.4 Å². The zero-order valence-corrected chi connectivity index (χ0v) is 15.1. The number of nitrogens with zero attached hydrogens (tertiary/aromatic N) is 2. The lowest BCUT2D eigenvalue weighted by Crippen LogP contribution is -2.08. The van der Waals surface area contributed by atoms with E-state index in [0.29, 0.717) is 15.6 Å². The highest BCUT2D eigenvalue weighted by Gasteiger charge is 2.13. The number of carbonyl (C=O) groups excluding carboxylic acids is 1. The van der Waals surface area contributed by atoms with Crippen molar-refractivity contribution in [3.63, 3.8) is 0 Å². The van der Waals surface area contributed by atoms with E-state index in [1.54, 1.807) is 24.3 Å². The number of carbonyl (C=O) groups is 1. The van der Waals surface area contributed by atoms with Gasteiger partial charge in [-0.3, -0.25) is 4.79 Å². The van der Waals surface area contributed by atoms with Gasteiger partial charge in [0.1, 0.15) is 0 Å². The Balaban J connectivity index is 1.51. The lowest BCUT2D eigenvalue weighted by molar-refractivity contribution is -0.141. The molecule has 0 aliphatic heterocycles. The molecule has 1 aromatic heterocycles. The van der Waals surface area contributed by atoms with Crippen LogP contribution in [0.2, 0.25) is 10.0 Å². The van der Waals surface area contributed by atoms with Crippen molar-refractivity contribution < 1.29 is 14.1 Å². The maximum absolute atomic E-state index is 11.8. The first-order valence-electron chi connectivity index (χ1n) is 7.23. The molecule has 0 spiro atoms. The van der Waals surface area contributed by atoms with E-state index in [4.69, 9.17) is 32.5 Å². The van der Waals surface area contributed by atoms with Crippen LogP contribution in [0.15, 0.2) is 57.9 Å². The molecule has 3 rings (SSSR count). The third-order valence-corrected chi connectivity index (χ3v) is 4.67. The number of aromatic nitrogens is 2. The maximum Gasteiger partial charge on any atom is 0.316 e. The molecule has 25 heavy (non-hydrogen) atoms. The largest absolute Gasteiger partial charge is 0.457 e. The first-order valence-corrected chi connectivity index (χ1v) is 8.97. The Hall–Kier alpha value is -2.02. The summed E-state index contributed by atoms with van der Waals surface area (Å²) in [5.74, 6) is 0.368. The second kappa shape index (κ2) is 8.38. The van der Waals surface area contributed by atoms with Crippen LogP contribution < -0.4 is 0 Å². The summed E-state index contributed by atoms with van der Waals surface area (Å²) in [4.78, 5) is 16.9. The van der Waals surface area contributed by atoms with Gasteiger partial charge in [-0.2, -0.15) is 4.98 Å². The number of halogens is 2. The van der Waals surface area contributed by atoms with Gasteiger partial charge in [0.25, 0.3) is 5.89 Å². The molecule has 5 nitrogen and oxygen atoms in total. The molecule has 0 saturated carbocycles. The molecule has 0 bridgehead atoms. The Morgan fingerprint density at radius 1 is 1.12 bits per heavy atom. The van der Waals surface area contributed by atoms with Gasteiger partial charge in [0.2, 0.25) is 5.82 Å². The number of ether oxygens (including phenoxy) is 1. The first kappa shape index (κ1) is 17.8. The van der Waals surface area contributed by atoms with Gasteiger partial charge in [-0.25, -0.2) is 0 Å². The molecule has 3 aromatic rings. The Morgan fingerprint density at radius 3 is 2.64 bits per heavy atom. The lowest BCUT2D eigenvalue weighted by Gasteiger charge is -2.02. The van der Waals surface area contributed by atoms with Crippen LogP contribution in [-0.2, 0) is 16.1 Å². The standard InChI is InChI=1S/C17H12Cl2N2O3S/c18-11-5-7-12(8-6-11)25-10-16(22)23-9-15-20-17(24-21-15)13-3-1-2-4-14(13)19/h1-8H,9-10H2. The Morgan fingerprint density at radius 2 is 1.88 bits per heavy atom. The number of hydrogen-bond acceptors (Lipinski definition) is 6. The Kier molecular flexibility index (Phi) is 5.96. The summed E-state index contributed by atoms with van der Waals surface area (Å²) in [5.41, 5.74) is 0.632. The average molecular weight is 395 g/mol. The third-order valence-electron chi connectivity index (χ3n) is 3.10. The summed E-state index contributed by atoms with van der Waals surface area (Å²) >= 11 is 13.3. The van der Waals surface area contributed by atoms with E-state index in [0.717, 1.165) is 4.90 Å². The zero-order valence-electron chi connectivity index (χ0n) is 12.8. The zero-order chi connectivity index (χ0) is 17.6. The molecule has 0 radical (unpaired) electrons. The van der Waals surface area contributed by atoms with E-state index in [1.807, 2.05) is 24.3 Å². The highest BCUT2D eigenvalue weighted by atomic mass is 35.5. The van der Waals surface area contributed by atoms with Crippen LogP contribution in [0.5, 0.6) is 0 Å².